The summed E-state index contributed by atoms with van der Waals surface area (Å²) in [6.45, 7) is 0. The molecular weight excluding hydrogens is 332 g/mol. The normalized spacial score (nSPS) is 21.5. The van der Waals surface area contributed by atoms with E-state index in [1.807, 2.05) is 0 Å². The van der Waals surface area contributed by atoms with Crippen molar-refractivity contribution in [2.24, 2.45) is 11.8 Å². The lowest BCUT2D eigenvalue weighted by molar-refractivity contribution is -0.253. The minimum absolute atomic E-state index is 0.0317. The number of benzene rings is 1. The second kappa shape index (κ2) is 7.19. The molecule has 2 rings (SSSR count). The molecule has 1 aromatic carbocycles. The van der Waals surface area contributed by atoms with Crippen LogP contribution in [-0.2, 0) is 4.79 Å². The van der Waals surface area contributed by atoms with Crippen LogP contribution >= 0.6 is 0 Å². The number of carbonyl (C=O) groups is 2. The van der Waals surface area contributed by atoms with Gasteiger partial charge in [0.05, 0.1) is 5.92 Å². The summed E-state index contributed by atoms with van der Waals surface area (Å²) in [7, 11) is 0. The van der Waals surface area contributed by atoms with Gasteiger partial charge < -0.3 is 9.84 Å². The van der Waals surface area contributed by atoms with E-state index < -0.39 is 41.9 Å². The Kier molecular flexibility index (Phi) is 5.46. The van der Waals surface area contributed by atoms with Gasteiger partial charge in [-0.25, -0.2) is 0 Å². The molecule has 0 radical (unpaired) electrons. The molecule has 0 bridgehead atoms. The molecule has 1 aromatic rings. The Labute approximate surface area is 135 Å². The quantitative estimate of drug-likeness (QED) is 0.623. The van der Waals surface area contributed by atoms with Gasteiger partial charge >= 0.3 is 18.5 Å². The van der Waals surface area contributed by atoms with E-state index in [1.54, 1.807) is 0 Å². The number of hydrogen-bond donors (Lipinski definition) is 1. The molecule has 0 amide bonds. The van der Waals surface area contributed by atoms with Crippen LogP contribution in [0.5, 0.6) is 5.75 Å². The van der Waals surface area contributed by atoms with Crippen molar-refractivity contribution in [2.45, 2.75) is 38.2 Å². The molecule has 0 saturated heterocycles. The van der Waals surface area contributed by atoms with Gasteiger partial charge in [-0.2, -0.15) is 17.6 Å². The van der Waals surface area contributed by atoms with E-state index in [1.165, 1.54) is 12.1 Å². The van der Waals surface area contributed by atoms with Gasteiger partial charge in [-0.1, -0.05) is 25.0 Å². The van der Waals surface area contributed by atoms with Gasteiger partial charge in [0.25, 0.3) is 0 Å². The predicted molar refractivity (Wildman–Crippen MR) is 75.4 cm³/mol. The van der Waals surface area contributed by atoms with Crippen LogP contribution in [0.1, 0.15) is 36.0 Å². The van der Waals surface area contributed by atoms with Gasteiger partial charge in [-0.3, -0.25) is 9.59 Å². The van der Waals surface area contributed by atoms with Gasteiger partial charge in [0, 0.05) is 11.5 Å². The number of Topliss-reactive ketones (excluding diaryl/α,β-unsaturated/α-hetero) is 1. The largest absolute Gasteiger partial charge is 0.481 e. The van der Waals surface area contributed by atoms with Crippen molar-refractivity contribution in [1.29, 1.82) is 0 Å². The maximum absolute atomic E-state index is 13.0. The molecule has 24 heavy (non-hydrogen) atoms. The summed E-state index contributed by atoms with van der Waals surface area (Å²) < 4.78 is 54.2. The van der Waals surface area contributed by atoms with E-state index in [0.29, 0.717) is 25.7 Å². The first-order valence-electron chi connectivity index (χ1n) is 7.44. The number of halogens is 4. The van der Waals surface area contributed by atoms with Crippen LogP contribution in [0.15, 0.2) is 24.3 Å². The van der Waals surface area contributed by atoms with E-state index in [2.05, 4.69) is 4.74 Å². The molecule has 1 N–H and O–H groups in total. The van der Waals surface area contributed by atoms with Gasteiger partial charge in [0.1, 0.15) is 5.75 Å². The summed E-state index contributed by atoms with van der Waals surface area (Å²) in [4.78, 5) is 23.8. The van der Waals surface area contributed by atoms with Crippen molar-refractivity contribution in [2.75, 3.05) is 0 Å². The fraction of sp³-hybridized carbons (Fsp3) is 0.500. The zero-order chi connectivity index (χ0) is 17.9. The molecule has 0 spiro atoms. The Morgan fingerprint density at radius 1 is 1.17 bits per heavy atom. The lowest BCUT2D eigenvalue weighted by atomic mass is 9.75. The number of ketones is 1. The third-order valence-corrected chi connectivity index (χ3v) is 4.05. The highest BCUT2D eigenvalue weighted by atomic mass is 19.3. The summed E-state index contributed by atoms with van der Waals surface area (Å²) in [6.07, 6.45) is -6.54. The minimum atomic E-state index is -4.67. The molecule has 0 aliphatic heterocycles. The number of carboxylic acids is 1. The molecule has 1 aliphatic rings. The molecule has 4 nitrogen and oxygen atoms in total. The van der Waals surface area contributed by atoms with Crippen LogP contribution in [-0.4, -0.2) is 29.4 Å². The van der Waals surface area contributed by atoms with Crippen LogP contribution in [0, 0.1) is 11.8 Å². The first-order chi connectivity index (χ1) is 11.2. The van der Waals surface area contributed by atoms with Gasteiger partial charge in [-0.05, 0) is 25.0 Å². The van der Waals surface area contributed by atoms with Crippen LogP contribution in [0.25, 0.3) is 0 Å². The van der Waals surface area contributed by atoms with Crippen molar-refractivity contribution in [3.63, 3.8) is 0 Å². The minimum Gasteiger partial charge on any atom is -0.481 e. The molecule has 8 heteroatoms. The maximum atomic E-state index is 13.0. The molecule has 0 unspecified atom stereocenters. The zero-order valence-electron chi connectivity index (χ0n) is 12.6. The van der Waals surface area contributed by atoms with Gasteiger partial charge in [0.2, 0.25) is 0 Å². The molecule has 2 atom stereocenters. The van der Waals surface area contributed by atoms with Crippen molar-refractivity contribution in [3.8, 4) is 5.75 Å². The summed E-state index contributed by atoms with van der Waals surface area (Å²) in [5, 5.41) is 9.21. The summed E-state index contributed by atoms with van der Waals surface area (Å²) in [5.41, 5.74) is -0.0317. The van der Waals surface area contributed by atoms with Gasteiger partial charge in [0.15, 0.2) is 5.78 Å². The monoisotopic (exact) mass is 348 g/mol. The van der Waals surface area contributed by atoms with Crippen molar-refractivity contribution in [3.05, 3.63) is 29.8 Å². The lowest BCUT2D eigenvalue weighted by Crippen LogP contribution is -2.34. The Morgan fingerprint density at radius 2 is 1.79 bits per heavy atom. The Morgan fingerprint density at radius 3 is 2.38 bits per heavy atom. The number of ether oxygens (including phenoxy) is 1. The highest BCUT2D eigenvalue weighted by Crippen LogP contribution is 2.34. The van der Waals surface area contributed by atoms with Crippen LogP contribution in [0.4, 0.5) is 17.6 Å². The zero-order valence-corrected chi connectivity index (χ0v) is 12.6. The van der Waals surface area contributed by atoms with E-state index in [9.17, 15) is 32.3 Å². The Bertz CT molecular complexity index is 618. The van der Waals surface area contributed by atoms with Crippen molar-refractivity contribution >= 4 is 11.8 Å². The first kappa shape index (κ1) is 18.2. The smallest absolute Gasteiger partial charge is 0.461 e. The topological polar surface area (TPSA) is 63.6 Å². The molecule has 0 aromatic heterocycles. The third kappa shape index (κ3) is 4.04. The van der Waals surface area contributed by atoms with E-state index in [-0.39, 0.29) is 5.56 Å². The molecule has 1 saturated carbocycles. The van der Waals surface area contributed by atoms with E-state index in [0.717, 1.165) is 12.1 Å². The van der Waals surface area contributed by atoms with Gasteiger partial charge in [-0.15, -0.1) is 0 Å². The number of rotatable bonds is 6. The number of hydrogen-bond acceptors (Lipinski definition) is 3. The SMILES string of the molecule is O=C(O)[C@H]1CCCC[C@H]1C(=O)c1cccc(OC(F)(F)C(F)F)c1. The molecule has 0 heterocycles. The van der Waals surface area contributed by atoms with Crippen LogP contribution in [0.3, 0.4) is 0 Å². The number of carbonyl (C=O) groups excluding carboxylic acids is 1. The first-order valence-corrected chi connectivity index (χ1v) is 7.44. The van der Waals surface area contributed by atoms with Crippen molar-refractivity contribution in [1.82, 2.24) is 0 Å². The Balaban J connectivity index is 2.21. The highest BCUT2D eigenvalue weighted by Gasteiger charge is 2.44. The fourth-order valence-electron chi connectivity index (χ4n) is 2.87. The van der Waals surface area contributed by atoms with Crippen molar-refractivity contribution < 1.29 is 37.0 Å². The maximum Gasteiger partial charge on any atom is 0.461 e. The molecule has 1 aliphatic carbocycles. The fourth-order valence-corrected chi connectivity index (χ4v) is 2.87. The van der Waals surface area contributed by atoms with E-state index >= 15 is 0 Å². The standard InChI is InChI=1S/C16H16F4O4/c17-15(18)16(19,20)24-10-5-3-4-9(8-10)13(21)11-6-1-2-7-12(11)14(22)23/h3-5,8,11-12,15H,1-2,6-7H2,(H,22,23)/t11-,12+/m1/s1. The number of alkyl halides is 4. The second-order valence-electron chi connectivity index (χ2n) is 5.69. The van der Waals surface area contributed by atoms with Crippen LogP contribution < -0.4 is 4.74 Å². The highest BCUT2D eigenvalue weighted by molar-refractivity contribution is 6.00. The summed E-state index contributed by atoms with van der Waals surface area (Å²) in [5.74, 6) is -3.76. The Hall–Kier alpha value is -2.12. The summed E-state index contributed by atoms with van der Waals surface area (Å²) >= 11 is 0. The average molecular weight is 348 g/mol. The average Bonchev–Trinajstić information content (AvgIpc) is 2.53. The summed E-state index contributed by atoms with van der Waals surface area (Å²) in [6, 6.07) is 4.51. The van der Waals surface area contributed by atoms with Crippen LogP contribution in [0.2, 0.25) is 0 Å². The number of carboxylic acid groups (broad SMARTS) is 1. The second-order valence-corrected chi connectivity index (χ2v) is 5.69. The molecule has 132 valence electrons. The number of aliphatic carboxylic acids is 1. The third-order valence-electron chi connectivity index (χ3n) is 4.05. The van der Waals surface area contributed by atoms with E-state index in [4.69, 9.17) is 0 Å². The predicted octanol–water partition coefficient (Wildman–Crippen LogP) is 4.00. The lowest BCUT2D eigenvalue weighted by Gasteiger charge is -2.27. The molecular formula is C16H16F4O4. The molecule has 1 fully saturated rings.